The molecule has 6 nitrogen and oxygen atoms in total. The van der Waals surface area contributed by atoms with E-state index in [1.807, 2.05) is 25.7 Å². The van der Waals surface area contributed by atoms with Gasteiger partial charge in [-0.15, -0.1) is 0 Å². The van der Waals surface area contributed by atoms with E-state index in [-0.39, 0.29) is 11.5 Å². The van der Waals surface area contributed by atoms with Crippen molar-refractivity contribution in [3.05, 3.63) is 0 Å². The summed E-state index contributed by atoms with van der Waals surface area (Å²) in [7, 11) is 0. The lowest BCUT2D eigenvalue weighted by Crippen LogP contribution is -2.45. The summed E-state index contributed by atoms with van der Waals surface area (Å²) in [4.78, 5) is 18.6. The molecule has 0 bridgehead atoms. The lowest BCUT2D eigenvalue weighted by Gasteiger charge is -2.39. The molecule has 1 saturated heterocycles. The van der Waals surface area contributed by atoms with Gasteiger partial charge in [0.25, 0.3) is 0 Å². The molecule has 0 atom stereocenters. The smallest absolute Gasteiger partial charge is 0.410 e. The zero-order chi connectivity index (χ0) is 17.5. The Labute approximate surface area is 141 Å². The number of hydrogen-bond acceptors (Lipinski definition) is 3. The Morgan fingerprint density at radius 2 is 1.70 bits per heavy atom. The van der Waals surface area contributed by atoms with Gasteiger partial charge in [0.15, 0.2) is 5.96 Å². The molecule has 6 heteroatoms. The summed E-state index contributed by atoms with van der Waals surface area (Å²) in [6.07, 6.45) is 1.69. The van der Waals surface area contributed by atoms with Gasteiger partial charge in [-0.25, -0.2) is 4.79 Å². The van der Waals surface area contributed by atoms with E-state index in [0.717, 1.165) is 51.5 Å². The molecule has 2 N–H and O–H groups in total. The van der Waals surface area contributed by atoms with E-state index in [9.17, 15) is 4.79 Å². The van der Waals surface area contributed by atoms with E-state index >= 15 is 0 Å². The van der Waals surface area contributed by atoms with Crippen molar-refractivity contribution in [3.8, 4) is 0 Å². The van der Waals surface area contributed by atoms with Crippen LogP contribution in [0.5, 0.6) is 0 Å². The van der Waals surface area contributed by atoms with E-state index in [1.165, 1.54) is 0 Å². The molecular weight excluding hydrogens is 292 g/mol. The fourth-order valence-electron chi connectivity index (χ4n) is 2.49. The quantitative estimate of drug-likeness (QED) is 0.615. The minimum Gasteiger partial charge on any atom is -0.444 e. The topological polar surface area (TPSA) is 66.0 Å². The zero-order valence-corrected chi connectivity index (χ0v) is 15.7. The highest BCUT2D eigenvalue weighted by Crippen LogP contribution is 2.31. The van der Waals surface area contributed by atoms with Crippen LogP contribution in [0.15, 0.2) is 4.99 Å². The minimum atomic E-state index is -0.436. The first kappa shape index (κ1) is 19.6. The van der Waals surface area contributed by atoms with Gasteiger partial charge in [0, 0.05) is 32.7 Å². The number of rotatable bonds is 4. The first-order chi connectivity index (χ1) is 10.7. The van der Waals surface area contributed by atoms with Crippen LogP contribution in [-0.4, -0.2) is 55.3 Å². The van der Waals surface area contributed by atoms with Crippen LogP contribution in [0.25, 0.3) is 0 Å². The van der Waals surface area contributed by atoms with Gasteiger partial charge < -0.3 is 20.3 Å². The largest absolute Gasteiger partial charge is 0.444 e. The third-order valence-electron chi connectivity index (χ3n) is 3.93. The molecule has 1 heterocycles. The summed E-state index contributed by atoms with van der Waals surface area (Å²) >= 11 is 0. The summed E-state index contributed by atoms with van der Waals surface area (Å²) in [5, 5.41) is 6.49. The standard InChI is InChI=1S/C17H34N4O2/c1-7-18-14(19-8-2)20-13-17(6)9-11-21(12-10-17)15(22)23-16(3,4)5/h7-13H2,1-6H3,(H2,18,19,20). The van der Waals surface area contributed by atoms with Gasteiger partial charge in [0.1, 0.15) is 5.60 Å². The maximum absolute atomic E-state index is 12.1. The molecule has 0 radical (unpaired) electrons. The highest BCUT2D eigenvalue weighted by Gasteiger charge is 2.33. The Balaban J connectivity index is 2.52. The number of nitrogens with one attached hydrogen (secondary N) is 2. The highest BCUT2D eigenvalue weighted by atomic mass is 16.6. The molecule has 1 amide bonds. The van der Waals surface area contributed by atoms with Crippen LogP contribution in [0.1, 0.15) is 54.4 Å². The van der Waals surface area contributed by atoms with Crippen LogP contribution in [0.4, 0.5) is 4.79 Å². The number of carbonyl (C=O) groups excluding carboxylic acids is 1. The third-order valence-corrected chi connectivity index (χ3v) is 3.93. The molecular formula is C17H34N4O2. The SMILES string of the molecule is CCNC(=NCC1(C)CCN(C(=O)OC(C)(C)C)CC1)NCC. The number of hydrogen-bond donors (Lipinski definition) is 2. The van der Waals surface area contributed by atoms with Gasteiger partial charge in [-0.2, -0.15) is 0 Å². The van der Waals surface area contributed by atoms with E-state index in [2.05, 4.69) is 36.4 Å². The van der Waals surface area contributed by atoms with Gasteiger partial charge in [0.05, 0.1) is 0 Å². The molecule has 1 fully saturated rings. The first-order valence-corrected chi connectivity index (χ1v) is 8.69. The minimum absolute atomic E-state index is 0.134. The number of guanidine groups is 1. The van der Waals surface area contributed by atoms with Crippen molar-refractivity contribution >= 4 is 12.1 Å². The zero-order valence-electron chi connectivity index (χ0n) is 15.7. The average molecular weight is 326 g/mol. The van der Waals surface area contributed by atoms with Crippen molar-refractivity contribution in [2.45, 2.75) is 60.0 Å². The summed E-state index contributed by atoms with van der Waals surface area (Å²) in [5.41, 5.74) is -0.302. The van der Waals surface area contributed by atoms with Crippen molar-refractivity contribution < 1.29 is 9.53 Å². The predicted octanol–water partition coefficient (Wildman–Crippen LogP) is 2.60. The number of likely N-dealkylation sites (tertiary alicyclic amines) is 1. The van der Waals surface area contributed by atoms with E-state index < -0.39 is 5.60 Å². The van der Waals surface area contributed by atoms with E-state index in [0.29, 0.717) is 0 Å². The van der Waals surface area contributed by atoms with Crippen molar-refractivity contribution in [2.24, 2.45) is 10.4 Å². The van der Waals surface area contributed by atoms with Crippen LogP contribution in [0, 0.1) is 5.41 Å². The Kier molecular flexibility index (Phi) is 7.16. The summed E-state index contributed by atoms with van der Waals surface area (Å²) in [5.74, 6) is 0.866. The van der Waals surface area contributed by atoms with Gasteiger partial charge in [-0.3, -0.25) is 4.99 Å². The lowest BCUT2D eigenvalue weighted by atomic mass is 9.80. The monoisotopic (exact) mass is 326 g/mol. The molecule has 0 aromatic heterocycles. The molecule has 0 unspecified atom stereocenters. The fourth-order valence-corrected chi connectivity index (χ4v) is 2.49. The van der Waals surface area contributed by atoms with Crippen molar-refractivity contribution in [3.63, 3.8) is 0 Å². The van der Waals surface area contributed by atoms with Gasteiger partial charge >= 0.3 is 6.09 Å². The Bertz CT molecular complexity index is 399. The molecule has 1 aliphatic rings. The van der Waals surface area contributed by atoms with Crippen molar-refractivity contribution in [2.75, 3.05) is 32.7 Å². The Morgan fingerprint density at radius 1 is 1.17 bits per heavy atom. The predicted molar refractivity (Wildman–Crippen MR) is 94.8 cm³/mol. The van der Waals surface area contributed by atoms with Crippen LogP contribution in [0.2, 0.25) is 0 Å². The molecule has 134 valence electrons. The van der Waals surface area contributed by atoms with Gasteiger partial charge in [-0.05, 0) is 52.9 Å². The first-order valence-electron chi connectivity index (χ1n) is 8.69. The van der Waals surface area contributed by atoms with E-state index in [1.54, 1.807) is 0 Å². The normalized spacial score (nSPS) is 17.4. The second kappa shape index (κ2) is 8.41. The molecule has 0 aliphatic carbocycles. The summed E-state index contributed by atoms with van der Waals surface area (Å²) in [6, 6.07) is 0. The van der Waals surface area contributed by atoms with Crippen LogP contribution >= 0.6 is 0 Å². The molecule has 0 spiro atoms. The van der Waals surface area contributed by atoms with Gasteiger partial charge in [-0.1, -0.05) is 6.92 Å². The number of nitrogens with zero attached hydrogens (tertiary/aromatic N) is 2. The van der Waals surface area contributed by atoms with Gasteiger partial charge in [0.2, 0.25) is 0 Å². The van der Waals surface area contributed by atoms with Crippen molar-refractivity contribution in [1.29, 1.82) is 0 Å². The molecule has 1 aliphatic heterocycles. The average Bonchev–Trinajstić information content (AvgIpc) is 2.44. The lowest BCUT2D eigenvalue weighted by molar-refractivity contribution is 0.0127. The molecule has 1 rings (SSSR count). The maximum atomic E-state index is 12.1. The number of carbonyl (C=O) groups is 1. The number of aliphatic imine (C=N–C) groups is 1. The molecule has 0 aromatic rings. The summed E-state index contributed by atoms with van der Waals surface area (Å²) in [6.45, 7) is 16.0. The number of amides is 1. The van der Waals surface area contributed by atoms with Crippen molar-refractivity contribution in [1.82, 2.24) is 15.5 Å². The van der Waals surface area contributed by atoms with Crippen LogP contribution < -0.4 is 10.6 Å². The van der Waals surface area contributed by atoms with Crippen LogP contribution in [-0.2, 0) is 4.74 Å². The highest BCUT2D eigenvalue weighted by molar-refractivity contribution is 5.79. The second-order valence-electron chi connectivity index (χ2n) is 7.50. The Hall–Kier alpha value is -1.46. The number of piperidine rings is 1. The number of ether oxygens (including phenoxy) is 1. The second-order valence-corrected chi connectivity index (χ2v) is 7.50. The maximum Gasteiger partial charge on any atom is 0.410 e. The molecule has 23 heavy (non-hydrogen) atoms. The summed E-state index contributed by atoms with van der Waals surface area (Å²) < 4.78 is 5.45. The van der Waals surface area contributed by atoms with Crippen LogP contribution in [0.3, 0.4) is 0 Å². The van der Waals surface area contributed by atoms with E-state index in [4.69, 9.17) is 4.74 Å². The Morgan fingerprint density at radius 3 is 2.13 bits per heavy atom. The molecule has 0 saturated carbocycles. The molecule has 0 aromatic carbocycles. The fraction of sp³-hybridized carbons (Fsp3) is 0.882. The third kappa shape index (κ3) is 7.10.